The minimum Gasteiger partial charge on any atom is -0.451 e. The summed E-state index contributed by atoms with van der Waals surface area (Å²) in [6.45, 7) is 0.482. The Balaban J connectivity index is 1.55. The molecule has 8 heteroatoms. The molecule has 0 aliphatic carbocycles. The molecule has 0 radical (unpaired) electrons. The molecule has 2 aromatic carbocycles. The molecule has 4 aromatic rings. The SMILES string of the molecule is NC(=O)c1c2c(cn(-c3ccc(F)cc3)c1=O)CN(C(=O)c1cc3ccccc3o1)CC2. The first-order valence-electron chi connectivity index (χ1n) is 10.0. The number of pyridine rings is 1. The summed E-state index contributed by atoms with van der Waals surface area (Å²) >= 11 is 0. The first-order chi connectivity index (χ1) is 15.4. The number of nitrogens with two attached hydrogens (primary N) is 1. The molecule has 3 heterocycles. The van der Waals surface area contributed by atoms with Gasteiger partial charge in [0.15, 0.2) is 5.76 Å². The summed E-state index contributed by atoms with van der Waals surface area (Å²) in [5, 5.41) is 0.828. The summed E-state index contributed by atoms with van der Waals surface area (Å²) in [7, 11) is 0. The van der Waals surface area contributed by atoms with Crippen molar-refractivity contribution in [2.45, 2.75) is 13.0 Å². The van der Waals surface area contributed by atoms with Crippen molar-refractivity contribution in [3.63, 3.8) is 0 Å². The molecule has 1 aliphatic rings. The smallest absolute Gasteiger partial charge is 0.289 e. The highest BCUT2D eigenvalue weighted by Crippen LogP contribution is 2.25. The van der Waals surface area contributed by atoms with Gasteiger partial charge in [-0.25, -0.2) is 4.39 Å². The second kappa shape index (κ2) is 7.49. The van der Waals surface area contributed by atoms with Crippen LogP contribution in [0.1, 0.15) is 32.0 Å². The fourth-order valence-corrected chi connectivity index (χ4v) is 4.12. The third-order valence-corrected chi connectivity index (χ3v) is 5.67. The normalized spacial score (nSPS) is 13.2. The van der Waals surface area contributed by atoms with Gasteiger partial charge in [0, 0.05) is 30.4 Å². The van der Waals surface area contributed by atoms with Crippen LogP contribution >= 0.6 is 0 Å². The maximum Gasteiger partial charge on any atom is 0.289 e. The van der Waals surface area contributed by atoms with E-state index in [1.165, 1.54) is 28.8 Å². The lowest BCUT2D eigenvalue weighted by Crippen LogP contribution is -2.40. The quantitative estimate of drug-likeness (QED) is 0.539. The van der Waals surface area contributed by atoms with E-state index in [1.807, 2.05) is 18.2 Å². The van der Waals surface area contributed by atoms with Crippen molar-refractivity contribution in [3.8, 4) is 5.69 Å². The second-order valence-electron chi connectivity index (χ2n) is 7.65. The molecule has 0 saturated heterocycles. The number of hydrogen-bond donors (Lipinski definition) is 1. The molecule has 160 valence electrons. The van der Waals surface area contributed by atoms with Crippen LogP contribution in [0.4, 0.5) is 4.39 Å². The standard InChI is InChI=1S/C24H18FN3O4/c25-16-5-7-17(8-6-16)28-13-15-12-27(10-9-18(15)21(22(26)29)24(28)31)23(30)20-11-14-3-1-2-4-19(14)32-20/h1-8,11,13H,9-10,12H2,(H2,26,29). The van der Waals surface area contributed by atoms with Crippen LogP contribution in [0.5, 0.6) is 0 Å². The number of hydrogen-bond acceptors (Lipinski definition) is 4. The number of halogens is 1. The van der Waals surface area contributed by atoms with Crippen LogP contribution in [0.15, 0.2) is 70.0 Å². The summed E-state index contributed by atoms with van der Waals surface area (Å²) in [4.78, 5) is 39.8. The zero-order chi connectivity index (χ0) is 22.4. The molecule has 7 nitrogen and oxygen atoms in total. The average molecular weight is 431 g/mol. The van der Waals surface area contributed by atoms with Gasteiger partial charge < -0.3 is 15.1 Å². The number of benzene rings is 2. The monoisotopic (exact) mass is 431 g/mol. The van der Waals surface area contributed by atoms with Crippen LogP contribution in [-0.2, 0) is 13.0 Å². The Hall–Kier alpha value is -4.20. The lowest BCUT2D eigenvalue weighted by atomic mass is 9.96. The second-order valence-corrected chi connectivity index (χ2v) is 7.65. The van der Waals surface area contributed by atoms with Crippen molar-refractivity contribution in [1.82, 2.24) is 9.47 Å². The van der Waals surface area contributed by atoms with E-state index in [-0.39, 0.29) is 23.8 Å². The summed E-state index contributed by atoms with van der Waals surface area (Å²) in [6, 6.07) is 14.4. The molecule has 0 unspecified atom stereocenters. The number of furan rings is 1. The molecule has 0 saturated carbocycles. The predicted molar refractivity (Wildman–Crippen MR) is 115 cm³/mol. The average Bonchev–Trinajstić information content (AvgIpc) is 3.22. The van der Waals surface area contributed by atoms with Gasteiger partial charge in [0.2, 0.25) is 0 Å². The van der Waals surface area contributed by atoms with E-state index in [0.717, 1.165) is 5.39 Å². The molecule has 2 amide bonds. The Morgan fingerprint density at radius 1 is 1.06 bits per heavy atom. The van der Waals surface area contributed by atoms with Gasteiger partial charge in [-0.05, 0) is 53.9 Å². The summed E-state index contributed by atoms with van der Waals surface area (Å²) in [6.07, 6.45) is 1.88. The molecule has 0 bridgehead atoms. The van der Waals surface area contributed by atoms with Crippen molar-refractivity contribution in [3.05, 3.63) is 99.4 Å². The van der Waals surface area contributed by atoms with E-state index in [4.69, 9.17) is 10.2 Å². The molecule has 2 aromatic heterocycles. The van der Waals surface area contributed by atoms with Crippen LogP contribution in [-0.4, -0.2) is 27.8 Å². The Labute approximate surface area is 181 Å². The number of rotatable bonds is 3. The van der Waals surface area contributed by atoms with E-state index in [9.17, 15) is 18.8 Å². The molecule has 5 rings (SSSR count). The molecular weight excluding hydrogens is 413 g/mol. The van der Waals surface area contributed by atoms with Gasteiger partial charge >= 0.3 is 0 Å². The first kappa shape index (κ1) is 19.7. The van der Waals surface area contributed by atoms with Crippen molar-refractivity contribution in [2.75, 3.05) is 6.54 Å². The third-order valence-electron chi connectivity index (χ3n) is 5.67. The lowest BCUT2D eigenvalue weighted by molar-refractivity contribution is 0.0704. The number of para-hydroxylation sites is 1. The van der Waals surface area contributed by atoms with Crippen LogP contribution in [0.25, 0.3) is 16.7 Å². The molecular formula is C24H18FN3O4. The Morgan fingerprint density at radius 2 is 1.81 bits per heavy atom. The van der Waals surface area contributed by atoms with Gasteiger partial charge in [-0.2, -0.15) is 0 Å². The molecule has 0 atom stereocenters. The molecule has 1 aliphatic heterocycles. The highest BCUT2D eigenvalue weighted by Gasteiger charge is 2.29. The molecule has 0 fully saturated rings. The van der Waals surface area contributed by atoms with Crippen molar-refractivity contribution in [1.29, 1.82) is 0 Å². The minimum absolute atomic E-state index is 0.109. The highest BCUT2D eigenvalue weighted by molar-refractivity contribution is 5.97. The first-order valence-corrected chi connectivity index (χ1v) is 10.0. The van der Waals surface area contributed by atoms with Gasteiger partial charge in [-0.1, -0.05) is 18.2 Å². The van der Waals surface area contributed by atoms with Crippen molar-refractivity contribution in [2.24, 2.45) is 5.73 Å². The number of aromatic nitrogens is 1. The maximum absolute atomic E-state index is 13.3. The number of fused-ring (bicyclic) bond motifs is 2. The fraction of sp³-hybridized carbons (Fsp3) is 0.125. The van der Waals surface area contributed by atoms with E-state index in [1.54, 1.807) is 23.2 Å². The van der Waals surface area contributed by atoms with E-state index in [2.05, 4.69) is 0 Å². The van der Waals surface area contributed by atoms with E-state index in [0.29, 0.717) is 35.4 Å². The van der Waals surface area contributed by atoms with Gasteiger partial charge in [0.05, 0.1) is 0 Å². The van der Waals surface area contributed by atoms with Gasteiger partial charge in [-0.15, -0.1) is 0 Å². The summed E-state index contributed by atoms with van der Waals surface area (Å²) in [5.41, 5.74) is 7.02. The lowest BCUT2D eigenvalue weighted by Gasteiger charge is -2.29. The Morgan fingerprint density at radius 3 is 2.53 bits per heavy atom. The van der Waals surface area contributed by atoms with Crippen molar-refractivity contribution < 1.29 is 18.4 Å². The topological polar surface area (TPSA) is 98.5 Å². The minimum atomic E-state index is -0.834. The predicted octanol–water partition coefficient (Wildman–Crippen LogP) is 3.02. The van der Waals surface area contributed by atoms with Crippen LogP contribution < -0.4 is 11.3 Å². The number of amides is 2. The van der Waals surface area contributed by atoms with Gasteiger partial charge in [0.1, 0.15) is 17.0 Å². The van der Waals surface area contributed by atoms with E-state index < -0.39 is 17.3 Å². The van der Waals surface area contributed by atoms with E-state index >= 15 is 0 Å². The van der Waals surface area contributed by atoms with Crippen LogP contribution in [0.2, 0.25) is 0 Å². The fourth-order valence-electron chi connectivity index (χ4n) is 4.12. The zero-order valence-corrected chi connectivity index (χ0v) is 16.9. The molecule has 32 heavy (non-hydrogen) atoms. The number of primary amides is 1. The Kier molecular flexibility index (Phi) is 4.62. The Bertz CT molecular complexity index is 1400. The number of carbonyl (C=O) groups excluding carboxylic acids is 2. The zero-order valence-electron chi connectivity index (χ0n) is 16.9. The number of carbonyl (C=O) groups is 2. The summed E-state index contributed by atoms with van der Waals surface area (Å²) in [5.74, 6) is -1.35. The number of nitrogens with zero attached hydrogens (tertiary/aromatic N) is 2. The largest absolute Gasteiger partial charge is 0.451 e. The third kappa shape index (κ3) is 3.26. The highest BCUT2D eigenvalue weighted by atomic mass is 19.1. The molecule has 2 N–H and O–H groups in total. The summed E-state index contributed by atoms with van der Waals surface area (Å²) < 4.78 is 20.3. The van der Waals surface area contributed by atoms with Crippen LogP contribution in [0.3, 0.4) is 0 Å². The van der Waals surface area contributed by atoms with Gasteiger partial charge in [0.25, 0.3) is 17.4 Å². The van der Waals surface area contributed by atoms with Gasteiger partial charge in [-0.3, -0.25) is 19.0 Å². The van der Waals surface area contributed by atoms with Crippen LogP contribution in [0, 0.1) is 5.82 Å². The maximum atomic E-state index is 13.3. The van der Waals surface area contributed by atoms with Crippen molar-refractivity contribution >= 4 is 22.8 Å². The molecule has 0 spiro atoms.